The number of fused-ring (bicyclic) bond motifs is 15. The Morgan fingerprint density at radius 2 is 1.58 bits per heavy atom. The fourth-order valence-electron chi connectivity index (χ4n) is 17.1. The molecule has 95 heavy (non-hydrogen) atoms. The lowest BCUT2D eigenvalue weighted by molar-refractivity contribution is -0.142. The zero-order chi connectivity index (χ0) is 66.6. The molecule has 2 fully saturated rings. The molecule has 0 unspecified atom stereocenters. The Bertz CT molecular complexity index is 3960. The number of aliphatic hydroxyl groups is 5. The number of carbonyl (C=O) groups excluding carboxylic acids is 2. The second-order valence-corrected chi connectivity index (χ2v) is 28.0. The van der Waals surface area contributed by atoms with Crippen LogP contribution in [0.1, 0.15) is 128 Å². The highest BCUT2D eigenvalue weighted by molar-refractivity contribution is 6.06. The SMILES string of the molecule is CCC[C@H]1[C@H]2C[C@H]3C[C@@H]4C#C[C@@H](c5cc(O)c(OC)cc5CCC(=O)[C@H](O)C(=O)[C@@H]4C2)c2ccccc2[C@H]2C[C@H](C#C[C@H](CNC)[C@@H]3C3=CCNC(=C3)Nc3ccc4ccc(c(O)c4c3)C[C@@H](O)CNC[C@@H](C)c3c[nH]c(c3)C[C@H]1O)[C@@H](Cc1cccc(O)c1)[C@H](C(O)O)C2. The van der Waals surface area contributed by atoms with Gasteiger partial charge in [-0.05, 0) is 192 Å². The lowest BCUT2D eigenvalue weighted by atomic mass is 9.63. The minimum Gasteiger partial charge on any atom is -0.508 e. The van der Waals surface area contributed by atoms with Crippen LogP contribution >= 0.6 is 0 Å². The number of H-pyrrole nitrogens is 1. The standard InChI is InChI=1S/C79H93N5O11/c1-5-9-62-54-30-55-29-48-19-22-64(66-39-72(89)73(95-4)35-49(66)20-23-70(87)78(92)77(91)67(48)33-54)63-13-7-6-12-61(63)53-28-47(65(69(34-53)79(93)94)27-45-10-8-11-59(85)26-45)15-17-52(41-80-3)75(55)50-24-25-82-74(36-50)84-57-21-18-46-14-16-51(76(90)68(46)37-57)32-60(86)43-81-40-44(2)56-31-58(83-42-56)38-71(62)88/h6-8,10-14,16,18,21,24,26,31,35-37,39,42,44,47-48,52-55,60,62,64-65,67,69,71,75,78-86,88-90,92-94H,5,9,20,23,25,27-30,32-34,38,40-41,43H2,1-4H3/t44-,47+,48+,52-,53+,54+,55-,60-,62+,64-,65-,67-,69-,71-,75+,78+/m1/s1. The maximum Gasteiger partial charge on any atom is 0.173 e. The Morgan fingerprint density at radius 3 is 2.37 bits per heavy atom. The van der Waals surface area contributed by atoms with Crippen molar-refractivity contribution in [2.24, 2.45) is 59.2 Å². The third-order valence-electron chi connectivity index (χ3n) is 21.9. The van der Waals surface area contributed by atoms with Crippen molar-refractivity contribution < 1.29 is 55.2 Å². The number of phenols is 3. The minimum absolute atomic E-state index is 0.0335. The largest absolute Gasteiger partial charge is 0.508 e. The average molecular weight is 1290 g/mol. The first-order valence-corrected chi connectivity index (χ1v) is 34.4. The lowest BCUT2D eigenvalue weighted by Crippen LogP contribution is -2.40. The summed E-state index contributed by atoms with van der Waals surface area (Å²) in [5.74, 6) is 9.25. The molecule has 4 aliphatic carbocycles. The van der Waals surface area contributed by atoms with Crippen LogP contribution in [-0.4, -0.2) is 122 Å². The van der Waals surface area contributed by atoms with E-state index < -0.39 is 77.6 Å². The summed E-state index contributed by atoms with van der Waals surface area (Å²) in [6.45, 7) is 5.94. The Morgan fingerprint density at radius 1 is 0.768 bits per heavy atom. The van der Waals surface area contributed by atoms with Gasteiger partial charge in [-0.15, -0.1) is 0 Å². The molecule has 16 atom stereocenters. The number of hydrogen-bond acceptors (Lipinski definition) is 15. The molecule has 16 heteroatoms. The highest BCUT2D eigenvalue weighted by Gasteiger charge is 2.48. The van der Waals surface area contributed by atoms with Crippen LogP contribution in [0.4, 0.5) is 5.69 Å². The van der Waals surface area contributed by atoms with E-state index in [4.69, 9.17) is 4.74 Å². The fourth-order valence-corrected chi connectivity index (χ4v) is 17.1. The van der Waals surface area contributed by atoms with Crippen molar-refractivity contribution in [1.29, 1.82) is 0 Å². The number of carbonyl (C=O) groups is 2. The zero-order valence-corrected chi connectivity index (χ0v) is 54.9. The summed E-state index contributed by atoms with van der Waals surface area (Å²) in [4.78, 5) is 34.0. The van der Waals surface area contributed by atoms with Crippen molar-refractivity contribution in [1.82, 2.24) is 20.9 Å². The average Bonchev–Trinajstić information content (AvgIpc) is 1.57. The van der Waals surface area contributed by atoms with Gasteiger partial charge in [0.25, 0.3) is 0 Å². The Balaban J connectivity index is 1.10. The van der Waals surface area contributed by atoms with Gasteiger partial charge in [0, 0.05) is 104 Å². The van der Waals surface area contributed by atoms with Gasteiger partial charge < -0.3 is 71.8 Å². The van der Waals surface area contributed by atoms with E-state index in [-0.39, 0.29) is 84.2 Å². The normalized spacial score (nSPS) is 29.7. The van der Waals surface area contributed by atoms with E-state index in [1.54, 1.807) is 30.3 Å². The predicted octanol–water partition coefficient (Wildman–Crippen LogP) is 9.38. The molecule has 6 aromatic rings. The molecule has 0 spiro atoms. The summed E-state index contributed by atoms with van der Waals surface area (Å²) in [6.07, 6.45) is 5.15. The molecular formula is C79H93N5O11. The molecule has 13 N–H and O–H groups in total. The Hall–Kier alpha value is -7.90. The van der Waals surface area contributed by atoms with Gasteiger partial charge in [0.15, 0.2) is 35.5 Å². The van der Waals surface area contributed by atoms with Gasteiger partial charge in [0.1, 0.15) is 17.3 Å². The number of rotatable bonds is 8. The molecule has 3 heterocycles. The lowest BCUT2D eigenvalue weighted by Gasteiger charge is -2.42. The number of allylic oxidation sites excluding steroid dienone is 2. The van der Waals surface area contributed by atoms with Crippen molar-refractivity contribution in [2.75, 3.05) is 45.7 Å². The van der Waals surface area contributed by atoms with Gasteiger partial charge in [-0.1, -0.05) is 105 Å². The number of dihydropyridines is 1. The molecule has 0 amide bonds. The van der Waals surface area contributed by atoms with Crippen molar-refractivity contribution in [2.45, 2.75) is 133 Å². The third-order valence-corrected chi connectivity index (χ3v) is 21.9. The van der Waals surface area contributed by atoms with Crippen LogP contribution < -0.4 is 26.0 Å². The summed E-state index contributed by atoms with van der Waals surface area (Å²) < 4.78 is 5.70. The molecule has 16 nitrogen and oxygen atoms in total. The highest BCUT2D eigenvalue weighted by atomic mass is 16.5. The number of methoxy groups -OCH3 is 1. The second kappa shape index (κ2) is 29.6. The van der Waals surface area contributed by atoms with E-state index in [0.29, 0.717) is 105 Å². The van der Waals surface area contributed by atoms with Gasteiger partial charge in [-0.3, -0.25) is 9.59 Å². The number of aliphatic hydroxyl groups excluding tert-OH is 4. The number of phenolic OH excluding ortho intramolecular Hbond substituents is 3. The van der Waals surface area contributed by atoms with Crippen LogP contribution in [0.25, 0.3) is 10.8 Å². The first-order chi connectivity index (χ1) is 45.9. The van der Waals surface area contributed by atoms with E-state index >= 15 is 4.79 Å². The number of hydrogen-bond donors (Lipinski definition) is 13. The number of ether oxygens (including phenoxy) is 1. The van der Waals surface area contributed by atoms with Crippen molar-refractivity contribution in [3.8, 4) is 46.7 Å². The number of aryl methyl sites for hydroxylation is 1. The van der Waals surface area contributed by atoms with Crippen molar-refractivity contribution in [3.63, 3.8) is 0 Å². The maximum absolute atomic E-state index is 15.8. The van der Waals surface area contributed by atoms with Crippen LogP contribution in [0, 0.1) is 82.9 Å². The van der Waals surface area contributed by atoms with Gasteiger partial charge in [-0.2, -0.15) is 0 Å². The molecule has 1 aromatic heterocycles. The smallest absolute Gasteiger partial charge is 0.173 e. The molecule has 2 saturated carbocycles. The van der Waals surface area contributed by atoms with Gasteiger partial charge >= 0.3 is 0 Å². The molecule has 500 valence electrons. The van der Waals surface area contributed by atoms with Gasteiger partial charge in [0.2, 0.25) is 0 Å². The molecule has 0 saturated heterocycles. The van der Waals surface area contributed by atoms with E-state index in [1.807, 2.05) is 67.8 Å². The molecule has 2 aliphatic heterocycles. The van der Waals surface area contributed by atoms with Crippen LogP contribution in [-0.2, 0) is 35.3 Å². The van der Waals surface area contributed by atoms with Crippen molar-refractivity contribution >= 4 is 28.0 Å². The van der Waals surface area contributed by atoms with Crippen LogP contribution in [0.3, 0.4) is 0 Å². The van der Waals surface area contributed by atoms with Crippen molar-refractivity contribution in [3.05, 3.63) is 171 Å². The summed E-state index contributed by atoms with van der Waals surface area (Å²) in [5.41, 5.74) is 8.08. The van der Waals surface area contributed by atoms with E-state index in [0.717, 1.165) is 45.3 Å². The first kappa shape index (κ1) is 67.1. The van der Waals surface area contributed by atoms with Crippen LogP contribution in [0.5, 0.6) is 23.0 Å². The number of ketones is 2. The molecule has 13 bridgehead atoms. The summed E-state index contributed by atoms with van der Waals surface area (Å²) in [5, 5.41) is 111. The van der Waals surface area contributed by atoms with Crippen LogP contribution in [0.15, 0.2) is 127 Å². The van der Waals surface area contributed by atoms with E-state index in [2.05, 4.69) is 88.1 Å². The molecule has 6 aliphatic rings. The summed E-state index contributed by atoms with van der Waals surface area (Å²) in [6, 6.07) is 30.3. The monoisotopic (exact) mass is 1290 g/mol. The van der Waals surface area contributed by atoms with E-state index in [1.165, 1.54) is 7.11 Å². The van der Waals surface area contributed by atoms with Gasteiger partial charge in [-0.25, -0.2) is 0 Å². The first-order valence-electron chi connectivity index (χ1n) is 34.4. The number of β-amino-alcohol motifs (C(OH)–C–C–N with tert-alkyl or cyclic N) is 1. The second-order valence-electron chi connectivity index (χ2n) is 28.0. The topological polar surface area (TPSA) is 269 Å². The fraction of sp³-hybridized carbons (Fsp3) is 0.468. The zero-order valence-electron chi connectivity index (χ0n) is 54.9. The summed E-state index contributed by atoms with van der Waals surface area (Å²) in [7, 11) is 3.38. The minimum atomic E-state index is -1.96. The maximum atomic E-state index is 15.8. The Labute approximate surface area is 557 Å². The predicted molar refractivity (Wildman–Crippen MR) is 367 cm³/mol. The number of benzene rings is 5. The molecule has 12 rings (SSSR count). The molecule has 5 aromatic carbocycles. The number of Topliss-reactive ketones (excluding diaryl/α,β-unsaturated/α-hetero) is 2. The number of aromatic amines is 1. The quantitative estimate of drug-likeness (QED) is 0.0384. The van der Waals surface area contributed by atoms with Crippen LogP contribution in [0.2, 0.25) is 0 Å². The Kier molecular flexibility index (Phi) is 20.9. The van der Waals surface area contributed by atoms with E-state index in [9.17, 15) is 45.6 Å². The number of aromatic hydroxyl groups is 3. The highest BCUT2D eigenvalue weighted by Crippen LogP contribution is 2.52. The van der Waals surface area contributed by atoms with Gasteiger partial charge in [0.05, 0.1) is 25.2 Å². The third kappa shape index (κ3) is 14.8. The number of aromatic nitrogens is 1. The summed E-state index contributed by atoms with van der Waals surface area (Å²) >= 11 is 0. The number of anilines is 1. The molecule has 0 radical (unpaired) electrons. The number of nitrogens with one attached hydrogen (secondary N) is 5. The molecular weight excluding hydrogens is 1190 g/mol.